The number of hydrogen-bond donors (Lipinski definition) is 1. The summed E-state index contributed by atoms with van der Waals surface area (Å²) in [5.74, 6) is 0.958. The van der Waals surface area contributed by atoms with E-state index in [1.807, 2.05) is 12.1 Å². The molecule has 1 heterocycles. The van der Waals surface area contributed by atoms with Crippen LogP contribution in [0.1, 0.15) is 44.1 Å². The largest absolute Gasteiger partial charge is 0.496 e. The summed E-state index contributed by atoms with van der Waals surface area (Å²) in [6.07, 6.45) is 8.10. The molecule has 1 aliphatic heterocycles. The van der Waals surface area contributed by atoms with Crippen molar-refractivity contribution in [3.8, 4) is 5.75 Å². The first-order valence-corrected chi connectivity index (χ1v) is 7.82. The highest BCUT2D eigenvalue weighted by molar-refractivity contribution is 5.32. The smallest absolute Gasteiger partial charge is 0.123 e. The molecule has 110 valence electrons. The third kappa shape index (κ3) is 2.99. The molecule has 1 aromatic rings. The van der Waals surface area contributed by atoms with Crippen LogP contribution in [0, 0.1) is 0 Å². The Hall–Kier alpha value is -1.06. The summed E-state index contributed by atoms with van der Waals surface area (Å²) in [5, 5.41) is 3.52. The quantitative estimate of drug-likeness (QED) is 0.894. The Morgan fingerprint density at radius 2 is 2.05 bits per heavy atom. The van der Waals surface area contributed by atoms with Crippen molar-refractivity contribution in [3.63, 3.8) is 0 Å². The van der Waals surface area contributed by atoms with Crippen LogP contribution >= 0.6 is 0 Å². The zero-order valence-corrected chi connectivity index (χ0v) is 12.4. The van der Waals surface area contributed by atoms with Gasteiger partial charge in [0.15, 0.2) is 0 Å². The van der Waals surface area contributed by atoms with Crippen molar-refractivity contribution < 1.29 is 9.47 Å². The van der Waals surface area contributed by atoms with Crippen LogP contribution in [0.2, 0.25) is 0 Å². The van der Waals surface area contributed by atoms with Gasteiger partial charge in [-0.05, 0) is 31.7 Å². The van der Waals surface area contributed by atoms with Gasteiger partial charge in [0.25, 0.3) is 0 Å². The topological polar surface area (TPSA) is 30.5 Å². The van der Waals surface area contributed by atoms with Crippen LogP contribution in [0.4, 0.5) is 0 Å². The van der Waals surface area contributed by atoms with E-state index in [9.17, 15) is 0 Å². The van der Waals surface area contributed by atoms with Gasteiger partial charge >= 0.3 is 0 Å². The maximum absolute atomic E-state index is 6.31. The van der Waals surface area contributed by atoms with Gasteiger partial charge in [0, 0.05) is 18.7 Å². The van der Waals surface area contributed by atoms with E-state index in [0.29, 0.717) is 6.10 Å². The molecule has 1 saturated heterocycles. The first-order valence-electron chi connectivity index (χ1n) is 7.82. The van der Waals surface area contributed by atoms with Crippen molar-refractivity contribution >= 4 is 0 Å². The summed E-state index contributed by atoms with van der Waals surface area (Å²) < 4.78 is 11.7. The molecule has 1 aromatic carbocycles. The van der Waals surface area contributed by atoms with Crippen molar-refractivity contribution in [1.82, 2.24) is 5.32 Å². The summed E-state index contributed by atoms with van der Waals surface area (Å²) in [5.41, 5.74) is 1.46. The number of benzene rings is 1. The van der Waals surface area contributed by atoms with Gasteiger partial charge < -0.3 is 14.8 Å². The highest BCUT2D eigenvalue weighted by atomic mass is 16.5. The highest BCUT2D eigenvalue weighted by Gasteiger charge is 2.41. The average Bonchev–Trinajstić information content (AvgIpc) is 3.10. The van der Waals surface area contributed by atoms with Gasteiger partial charge in [0.1, 0.15) is 5.75 Å². The summed E-state index contributed by atoms with van der Waals surface area (Å²) in [4.78, 5) is 0. The lowest BCUT2D eigenvalue weighted by atomic mass is 9.98. The molecule has 0 aromatic heterocycles. The highest BCUT2D eigenvalue weighted by Crippen LogP contribution is 2.43. The number of para-hydroxylation sites is 1. The fourth-order valence-electron chi connectivity index (χ4n) is 3.64. The molecule has 2 fully saturated rings. The van der Waals surface area contributed by atoms with Gasteiger partial charge in [-0.25, -0.2) is 0 Å². The van der Waals surface area contributed by atoms with Crippen molar-refractivity contribution in [3.05, 3.63) is 29.8 Å². The fraction of sp³-hybridized carbons (Fsp3) is 0.647. The number of methoxy groups -OCH3 is 1. The second kappa shape index (κ2) is 6.15. The van der Waals surface area contributed by atoms with E-state index in [4.69, 9.17) is 9.47 Å². The molecule has 20 heavy (non-hydrogen) atoms. The molecule has 0 amide bonds. The molecule has 1 N–H and O–H groups in total. The third-order valence-corrected chi connectivity index (χ3v) is 4.73. The predicted octanol–water partition coefficient (Wildman–Crippen LogP) is 3.28. The van der Waals surface area contributed by atoms with Crippen LogP contribution in [0.5, 0.6) is 5.75 Å². The zero-order valence-electron chi connectivity index (χ0n) is 12.4. The van der Waals surface area contributed by atoms with Crippen molar-refractivity contribution in [1.29, 1.82) is 0 Å². The van der Waals surface area contributed by atoms with Gasteiger partial charge in [-0.2, -0.15) is 0 Å². The molecule has 3 rings (SSSR count). The van der Waals surface area contributed by atoms with Gasteiger partial charge in [0.05, 0.1) is 18.8 Å². The summed E-state index contributed by atoms with van der Waals surface area (Å²) in [6.45, 7) is 1.79. The van der Waals surface area contributed by atoms with Crippen molar-refractivity contribution in [2.24, 2.45) is 0 Å². The number of nitrogens with one attached hydrogen (secondary N) is 1. The Balaban J connectivity index is 1.46. The summed E-state index contributed by atoms with van der Waals surface area (Å²) in [7, 11) is 1.72. The Bertz CT molecular complexity index is 440. The third-order valence-electron chi connectivity index (χ3n) is 4.73. The fourth-order valence-corrected chi connectivity index (χ4v) is 3.64. The lowest BCUT2D eigenvalue weighted by Gasteiger charge is -2.24. The molecular weight excluding hydrogens is 250 g/mol. The molecule has 0 bridgehead atoms. The first kappa shape index (κ1) is 13.9. The van der Waals surface area contributed by atoms with E-state index in [1.54, 1.807) is 7.11 Å². The van der Waals surface area contributed by atoms with Gasteiger partial charge in [-0.1, -0.05) is 31.0 Å². The van der Waals surface area contributed by atoms with Crippen LogP contribution < -0.4 is 10.1 Å². The number of hydrogen-bond acceptors (Lipinski definition) is 3. The molecule has 3 heteroatoms. The minimum atomic E-state index is 0.247. The van der Waals surface area contributed by atoms with E-state index in [0.717, 1.165) is 18.8 Å². The maximum Gasteiger partial charge on any atom is 0.123 e. The predicted molar refractivity (Wildman–Crippen MR) is 80.0 cm³/mol. The molecule has 2 aliphatic rings. The molecule has 3 nitrogen and oxygen atoms in total. The van der Waals surface area contributed by atoms with Crippen LogP contribution in [0.15, 0.2) is 24.3 Å². The summed E-state index contributed by atoms with van der Waals surface area (Å²) >= 11 is 0. The Morgan fingerprint density at radius 1 is 1.25 bits per heavy atom. The molecular formula is C17H25NO2. The van der Waals surface area contributed by atoms with Crippen LogP contribution in [-0.4, -0.2) is 25.4 Å². The Kier molecular flexibility index (Phi) is 4.27. The van der Waals surface area contributed by atoms with E-state index < -0.39 is 0 Å². The normalized spacial score (nSPS) is 24.4. The van der Waals surface area contributed by atoms with E-state index in [-0.39, 0.29) is 5.60 Å². The molecule has 1 atom stereocenters. The number of ether oxygens (including phenoxy) is 2. The van der Waals surface area contributed by atoms with Crippen molar-refractivity contribution in [2.45, 2.75) is 56.8 Å². The SMILES string of the molecule is COc1ccccc1CNCC1CCC2(CCCC2)O1. The molecule has 1 saturated carbocycles. The standard InChI is InChI=1S/C17H25NO2/c1-19-16-7-3-2-6-14(16)12-18-13-15-8-11-17(20-15)9-4-5-10-17/h2-3,6-7,15,18H,4-5,8-13H2,1H3. The molecule has 1 unspecified atom stereocenters. The minimum Gasteiger partial charge on any atom is -0.496 e. The second-order valence-corrected chi connectivity index (χ2v) is 6.11. The van der Waals surface area contributed by atoms with Gasteiger partial charge in [-0.15, -0.1) is 0 Å². The molecule has 1 spiro atoms. The Morgan fingerprint density at radius 3 is 2.85 bits per heavy atom. The van der Waals surface area contributed by atoms with Gasteiger partial charge in [-0.3, -0.25) is 0 Å². The van der Waals surface area contributed by atoms with E-state index in [1.165, 1.54) is 44.1 Å². The van der Waals surface area contributed by atoms with Crippen molar-refractivity contribution in [2.75, 3.05) is 13.7 Å². The Labute approximate surface area is 121 Å². The van der Waals surface area contributed by atoms with Crippen LogP contribution in [-0.2, 0) is 11.3 Å². The van der Waals surface area contributed by atoms with Gasteiger partial charge in [0.2, 0.25) is 0 Å². The summed E-state index contributed by atoms with van der Waals surface area (Å²) in [6, 6.07) is 8.18. The lowest BCUT2D eigenvalue weighted by Crippen LogP contribution is -2.30. The molecule has 1 aliphatic carbocycles. The van der Waals surface area contributed by atoms with E-state index in [2.05, 4.69) is 17.4 Å². The van der Waals surface area contributed by atoms with Crippen LogP contribution in [0.3, 0.4) is 0 Å². The monoisotopic (exact) mass is 275 g/mol. The lowest BCUT2D eigenvalue weighted by molar-refractivity contribution is -0.0351. The molecule has 0 radical (unpaired) electrons. The average molecular weight is 275 g/mol. The zero-order chi connectivity index (χ0) is 13.8. The van der Waals surface area contributed by atoms with E-state index >= 15 is 0 Å². The second-order valence-electron chi connectivity index (χ2n) is 6.11. The minimum absolute atomic E-state index is 0.247. The maximum atomic E-state index is 6.31. The van der Waals surface area contributed by atoms with Crippen LogP contribution in [0.25, 0.3) is 0 Å². The first-order chi connectivity index (χ1) is 9.81. The number of rotatable bonds is 5.